The second-order valence-corrected chi connectivity index (χ2v) is 8.27. The van der Waals surface area contributed by atoms with Gasteiger partial charge in [-0.1, -0.05) is 51.3 Å². The Hall–Kier alpha value is -1.82. The van der Waals surface area contributed by atoms with Gasteiger partial charge in [-0.05, 0) is 49.6 Å². The summed E-state index contributed by atoms with van der Waals surface area (Å²) in [6.07, 6.45) is 2.19. The molecule has 0 spiro atoms. The molecule has 0 bridgehead atoms. The SMILES string of the molecule is O=C(O)[C@H]1CCCc2c1nn(-c1ccc(Cl)cc1Cl)c2-c1ccc(Br)cc1. The lowest BCUT2D eigenvalue weighted by Crippen LogP contribution is -2.17. The molecule has 0 fully saturated rings. The largest absolute Gasteiger partial charge is 0.481 e. The zero-order valence-corrected chi connectivity index (χ0v) is 17.2. The molecule has 0 radical (unpaired) electrons. The van der Waals surface area contributed by atoms with E-state index in [1.807, 2.05) is 24.3 Å². The number of aromatic nitrogens is 2. The van der Waals surface area contributed by atoms with E-state index in [-0.39, 0.29) is 0 Å². The Bertz CT molecular complexity index is 1030. The van der Waals surface area contributed by atoms with Crippen molar-refractivity contribution in [2.24, 2.45) is 0 Å². The summed E-state index contributed by atoms with van der Waals surface area (Å²) in [6, 6.07) is 13.1. The van der Waals surface area contributed by atoms with Crippen LogP contribution in [0.2, 0.25) is 10.0 Å². The van der Waals surface area contributed by atoms with Crippen LogP contribution in [0.3, 0.4) is 0 Å². The fraction of sp³-hybridized carbons (Fsp3) is 0.200. The molecule has 4 nitrogen and oxygen atoms in total. The Morgan fingerprint density at radius 3 is 2.59 bits per heavy atom. The summed E-state index contributed by atoms with van der Waals surface area (Å²) in [5.74, 6) is -1.44. The second-order valence-electron chi connectivity index (χ2n) is 6.51. The minimum Gasteiger partial charge on any atom is -0.481 e. The number of carboxylic acids is 1. The Labute approximate surface area is 174 Å². The minimum absolute atomic E-state index is 0.465. The molecule has 0 aliphatic heterocycles. The van der Waals surface area contributed by atoms with Crippen molar-refractivity contribution in [3.8, 4) is 16.9 Å². The first-order valence-electron chi connectivity index (χ1n) is 8.51. The number of aliphatic carboxylic acids is 1. The van der Waals surface area contributed by atoms with Gasteiger partial charge >= 0.3 is 5.97 Å². The number of hydrogen-bond donors (Lipinski definition) is 1. The van der Waals surface area contributed by atoms with E-state index in [4.69, 9.17) is 28.3 Å². The highest BCUT2D eigenvalue weighted by atomic mass is 79.9. The van der Waals surface area contributed by atoms with Gasteiger partial charge in [0, 0.05) is 20.6 Å². The van der Waals surface area contributed by atoms with Crippen LogP contribution in [-0.4, -0.2) is 20.9 Å². The molecule has 2 aromatic carbocycles. The summed E-state index contributed by atoms with van der Waals surface area (Å²) in [5.41, 5.74) is 4.12. The maximum Gasteiger partial charge on any atom is 0.312 e. The van der Waals surface area contributed by atoms with Crippen LogP contribution in [0.15, 0.2) is 46.9 Å². The van der Waals surface area contributed by atoms with E-state index >= 15 is 0 Å². The van der Waals surface area contributed by atoms with Crippen LogP contribution in [-0.2, 0) is 11.2 Å². The molecular formula is C20H15BrCl2N2O2. The standard InChI is InChI=1S/C20H15BrCl2N2O2/c21-12-6-4-11(5-7-12)19-14-2-1-3-15(20(26)27)18(14)24-25(19)17-9-8-13(22)10-16(17)23/h4-10,15H,1-3H2,(H,26,27)/t15-/m0/s1. The van der Waals surface area contributed by atoms with Gasteiger partial charge in [0.15, 0.2) is 0 Å². The van der Waals surface area contributed by atoms with Crippen molar-refractivity contribution in [2.75, 3.05) is 0 Å². The van der Waals surface area contributed by atoms with Gasteiger partial charge in [0.25, 0.3) is 0 Å². The van der Waals surface area contributed by atoms with Crippen molar-refractivity contribution in [3.63, 3.8) is 0 Å². The summed E-state index contributed by atoms with van der Waals surface area (Å²) < 4.78 is 2.73. The average molecular weight is 466 g/mol. The molecule has 3 aromatic rings. The van der Waals surface area contributed by atoms with Gasteiger partial charge in [-0.3, -0.25) is 4.79 Å². The van der Waals surface area contributed by atoms with Crippen LogP contribution in [0.5, 0.6) is 0 Å². The number of hydrogen-bond acceptors (Lipinski definition) is 2. The molecule has 1 atom stereocenters. The number of carbonyl (C=O) groups is 1. The highest BCUT2D eigenvalue weighted by Gasteiger charge is 2.33. The van der Waals surface area contributed by atoms with Gasteiger partial charge in [0.1, 0.15) is 5.92 Å². The molecular weight excluding hydrogens is 451 g/mol. The van der Waals surface area contributed by atoms with Crippen molar-refractivity contribution >= 4 is 45.1 Å². The van der Waals surface area contributed by atoms with Gasteiger partial charge in [-0.2, -0.15) is 5.10 Å². The third kappa shape index (κ3) is 3.40. The number of nitrogens with zero attached hydrogens (tertiary/aromatic N) is 2. The summed E-state index contributed by atoms with van der Waals surface area (Å²) in [7, 11) is 0. The molecule has 0 amide bonds. The smallest absolute Gasteiger partial charge is 0.312 e. The normalized spacial score (nSPS) is 16.2. The zero-order chi connectivity index (χ0) is 19.1. The number of carboxylic acid groups (broad SMARTS) is 1. The second kappa shape index (κ2) is 7.30. The van der Waals surface area contributed by atoms with Crippen LogP contribution < -0.4 is 0 Å². The fourth-order valence-corrected chi connectivity index (χ4v) is 4.34. The summed E-state index contributed by atoms with van der Waals surface area (Å²) in [5, 5.41) is 15.4. The van der Waals surface area contributed by atoms with Crippen LogP contribution in [0, 0.1) is 0 Å². The molecule has 1 heterocycles. The van der Waals surface area contributed by atoms with E-state index in [0.29, 0.717) is 27.8 Å². The topological polar surface area (TPSA) is 55.1 Å². The van der Waals surface area contributed by atoms with Gasteiger partial charge in [-0.15, -0.1) is 0 Å². The van der Waals surface area contributed by atoms with Gasteiger partial charge in [0.2, 0.25) is 0 Å². The van der Waals surface area contributed by atoms with Crippen LogP contribution in [0.4, 0.5) is 0 Å². The Balaban J connectivity index is 1.99. The van der Waals surface area contributed by atoms with E-state index in [1.165, 1.54) is 0 Å². The first-order valence-corrected chi connectivity index (χ1v) is 10.1. The molecule has 0 saturated heterocycles. The van der Waals surface area contributed by atoms with Gasteiger partial charge < -0.3 is 5.11 Å². The first kappa shape index (κ1) is 18.5. The number of fused-ring (bicyclic) bond motifs is 1. The molecule has 0 saturated carbocycles. The lowest BCUT2D eigenvalue weighted by Gasteiger charge is -2.18. The number of rotatable bonds is 3. The van der Waals surface area contributed by atoms with Crippen molar-refractivity contribution < 1.29 is 9.90 Å². The molecule has 138 valence electrons. The lowest BCUT2D eigenvalue weighted by molar-refractivity contribution is -0.139. The van der Waals surface area contributed by atoms with E-state index in [1.54, 1.807) is 22.9 Å². The molecule has 27 heavy (non-hydrogen) atoms. The average Bonchev–Trinajstić information content (AvgIpc) is 3.01. The van der Waals surface area contributed by atoms with E-state index < -0.39 is 11.9 Å². The molecule has 1 aromatic heterocycles. The molecule has 4 rings (SSSR count). The third-order valence-corrected chi connectivity index (χ3v) is 5.88. The van der Waals surface area contributed by atoms with Crippen LogP contribution in [0.25, 0.3) is 16.9 Å². The summed E-state index contributed by atoms with van der Waals surface area (Å²) in [4.78, 5) is 11.8. The van der Waals surface area contributed by atoms with E-state index in [0.717, 1.165) is 34.1 Å². The predicted octanol–water partition coefficient (Wildman–Crippen LogP) is 6.11. The Morgan fingerprint density at radius 1 is 1.19 bits per heavy atom. The Morgan fingerprint density at radius 2 is 1.93 bits per heavy atom. The summed E-state index contributed by atoms with van der Waals surface area (Å²) in [6.45, 7) is 0. The van der Waals surface area contributed by atoms with Crippen LogP contribution in [0.1, 0.15) is 30.0 Å². The van der Waals surface area contributed by atoms with Crippen molar-refractivity contribution in [1.29, 1.82) is 0 Å². The fourth-order valence-electron chi connectivity index (χ4n) is 3.59. The van der Waals surface area contributed by atoms with Gasteiger partial charge in [-0.25, -0.2) is 4.68 Å². The van der Waals surface area contributed by atoms with Gasteiger partial charge in [0.05, 0.1) is 22.1 Å². The molecule has 1 aliphatic carbocycles. The number of benzene rings is 2. The maximum absolute atomic E-state index is 11.8. The maximum atomic E-state index is 11.8. The Kier molecular flexibility index (Phi) is 5.01. The molecule has 1 N–H and O–H groups in total. The predicted molar refractivity (Wildman–Crippen MR) is 110 cm³/mol. The highest BCUT2D eigenvalue weighted by Crippen LogP contribution is 2.40. The zero-order valence-electron chi connectivity index (χ0n) is 14.1. The third-order valence-electron chi connectivity index (χ3n) is 4.82. The molecule has 0 unspecified atom stereocenters. The minimum atomic E-state index is -0.842. The first-order chi connectivity index (χ1) is 13.0. The highest BCUT2D eigenvalue weighted by molar-refractivity contribution is 9.10. The number of halogens is 3. The van der Waals surface area contributed by atoms with Crippen LogP contribution >= 0.6 is 39.1 Å². The van der Waals surface area contributed by atoms with Crippen molar-refractivity contribution in [3.05, 3.63) is 68.2 Å². The van der Waals surface area contributed by atoms with Crippen molar-refractivity contribution in [2.45, 2.75) is 25.2 Å². The lowest BCUT2D eigenvalue weighted by atomic mass is 9.86. The van der Waals surface area contributed by atoms with Crippen molar-refractivity contribution in [1.82, 2.24) is 9.78 Å². The molecule has 1 aliphatic rings. The van der Waals surface area contributed by atoms with E-state index in [9.17, 15) is 9.90 Å². The van der Waals surface area contributed by atoms with E-state index in [2.05, 4.69) is 15.9 Å². The monoisotopic (exact) mass is 464 g/mol. The molecule has 7 heteroatoms. The quantitative estimate of drug-likeness (QED) is 0.507. The summed E-state index contributed by atoms with van der Waals surface area (Å²) >= 11 is 15.9.